The number of fused-ring (bicyclic) bond motifs is 1. The lowest BCUT2D eigenvalue weighted by atomic mass is 10.2. The summed E-state index contributed by atoms with van der Waals surface area (Å²) in [5, 5.41) is 0.971. The third-order valence-corrected chi connectivity index (χ3v) is 7.92. The van der Waals surface area contributed by atoms with E-state index in [1.54, 1.807) is 33.1 Å². The zero-order valence-electron chi connectivity index (χ0n) is 16.6. The molecule has 2 aromatic carbocycles. The molecule has 0 aliphatic carbocycles. The van der Waals surface area contributed by atoms with Gasteiger partial charge in [0.25, 0.3) is 5.91 Å². The Balaban J connectivity index is 1.73. The van der Waals surface area contributed by atoms with Gasteiger partial charge in [-0.2, -0.15) is 4.31 Å². The first-order chi connectivity index (χ1) is 14.3. The largest absolute Gasteiger partial charge is 0.494 e. The molecule has 0 aliphatic rings. The Hall–Kier alpha value is -2.40. The normalized spacial score (nSPS) is 11.6. The van der Waals surface area contributed by atoms with Gasteiger partial charge in [-0.3, -0.25) is 15.6 Å². The molecule has 3 aromatic rings. The maximum atomic E-state index is 12.5. The predicted octanol–water partition coefficient (Wildman–Crippen LogP) is 3.75. The summed E-state index contributed by atoms with van der Waals surface area (Å²) in [5.74, 6) is 0.147. The molecule has 0 unspecified atom stereocenters. The van der Waals surface area contributed by atoms with Crippen molar-refractivity contribution in [3.05, 3.63) is 47.0 Å². The number of ether oxygens (including phenoxy) is 1. The number of amides is 1. The molecular formula is C19H21ClN4O4S2. The van der Waals surface area contributed by atoms with E-state index in [0.29, 0.717) is 40.1 Å². The molecule has 0 aliphatic heterocycles. The van der Waals surface area contributed by atoms with Crippen molar-refractivity contribution in [2.45, 2.75) is 18.7 Å². The van der Waals surface area contributed by atoms with Gasteiger partial charge in [0.1, 0.15) is 11.3 Å². The predicted molar refractivity (Wildman–Crippen MR) is 119 cm³/mol. The van der Waals surface area contributed by atoms with E-state index in [4.69, 9.17) is 16.3 Å². The summed E-state index contributed by atoms with van der Waals surface area (Å²) in [5.41, 5.74) is 6.21. The fraction of sp³-hybridized carbons (Fsp3) is 0.263. The minimum Gasteiger partial charge on any atom is -0.494 e. The zero-order chi connectivity index (χ0) is 21.9. The van der Waals surface area contributed by atoms with Crippen LogP contribution in [0.1, 0.15) is 24.2 Å². The Labute approximate surface area is 183 Å². The molecule has 0 saturated carbocycles. The third kappa shape index (κ3) is 4.36. The second-order valence-electron chi connectivity index (χ2n) is 6.14. The number of rotatable bonds is 8. The van der Waals surface area contributed by atoms with Crippen LogP contribution in [0.2, 0.25) is 5.02 Å². The highest BCUT2D eigenvalue weighted by Crippen LogP contribution is 2.37. The van der Waals surface area contributed by atoms with Crippen LogP contribution < -0.4 is 15.6 Å². The summed E-state index contributed by atoms with van der Waals surface area (Å²) in [6, 6.07) is 9.21. The molecule has 0 radical (unpaired) electrons. The highest BCUT2D eigenvalue weighted by atomic mass is 35.5. The minimum atomic E-state index is -3.57. The summed E-state index contributed by atoms with van der Waals surface area (Å²) in [6.07, 6.45) is 0. The van der Waals surface area contributed by atoms with E-state index in [-0.39, 0.29) is 4.90 Å². The Kier molecular flexibility index (Phi) is 6.81. The molecule has 2 N–H and O–H groups in total. The van der Waals surface area contributed by atoms with Crippen molar-refractivity contribution in [3.63, 3.8) is 0 Å². The van der Waals surface area contributed by atoms with Crippen LogP contribution in [0.15, 0.2) is 41.3 Å². The van der Waals surface area contributed by atoms with Gasteiger partial charge in [0.15, 0.2) is 0 Å². The lowest BCUT2D eigenvalue weighted by Gasteiger charge is -2.18. The fourth-order valence-corrected chi connectivity index (χ4v) is 5.41. The summed E-state index contributed by atoms with van der Waals surface area (Å²) in [6.45, 7) is 4.31. The number of carbonyl (C=O) groups is 1. The van der Waals surface area contributed by atoms with Gasteiger partial charge in [0.05, 0.1) is 21.7 Å². The number of hydrogen-bond acceptors (Lipinski definition) is 7. The summed E-state index contributed by atoms with van der Waals surface area (Å²) in [4.78, 5) is 17.0. The van der Waals surface area contributed by atoms with Gasteiger partial charge in [-0.25, -0.2) is 13.4 Å². The number of hydrogen-bond donors (Lipinski definition) is 2. The average molecular weight is 469 g/mol. The summed E-state index contributed by atoms with van der Waals surface area (Å²) < 4.78 is 32.4. The number of methoxy groups -OCH3 is 1. The molecule has 0 spiro atoms. The number of nitrogens with one attached hydrogen (secondary N) is 2. The van der Waals surface area contributed by atoms with Crippen LogP contribution >= 0.6 is 22.9 Å². The van der Waals surface area contributed by atoms with Crippen LogP contribution in [0.25, 0.3) is 10.2 Å². The molecule has 8 nitrogen and oxygen atoms in total. The van der Waals surface area contributed by atoms with E-state index < -0.39 is 15.9 Å². The first-order valence-electron chi connectivity index (χ1n) is 9.11. The lowest BCUT2D eigenvalue weighted by Crippen LogP contribution is -2.31. The van der Waals surface area contributed by atoms with E-state index in [9.17, 15) is 13.2 Å². The van der Waals surface area contributed by atoms with Crippen molar-refractivity contribution in [2.75, 3.05) is 25.6 Å². The molecule has 0 atom stereocenters. The van der Waals surface area contributed by atoms with Crippen molar-refractivity contribution in [1.29, 1.82) is 0 Å². The Morgan fingerprint density at radius 3 is 2.43 bits per heavy atom. The van der Waals surface area contributed by atoms with Crippen LogP contribution in [0.4, 0.5) is 5.13 Å². The maximum Gasteiger partial charge on any atom is 0.269 e. The molecule has 0 fully saturated rings. The van der Waals surface area contributed by atoms with Crippen LogP contribution in [0.3, 0.4) is 0 Å². The number of sulfonamides is 1. The fourth-order valence-electron chi connectivity index (χ4n) is 2.84. The number of carbonyl (C=O) groups excluding carboxylic acids is 1. The van der Waals surface area contributed by atoms with Crippen molar-refractivity contribution in [2.24, 2.45) is 0 Å². The Bertz CT molecular complexity index is 1160. The Morgan fingerprint density at radius 2 is 1.83 bits per heavy atom. The molecule has 0 saturated heterocycles. The molecule has 160 valence electrons. The van der Waals surface area contributed by atoms with Gasteiger partial charge in [-0.1, -0.05) is 36.8 Å². The van der Waals surface area contributed by atoms with Gasteiger partial charge in [-0.05, 0) is 36.4 Å². The SMILES string of the molecule is CCN(CC)S(=O)(=O)c1ccc(C(=O)NNc2nc3c(OC)ccc(Cl)c3s2)cc1. The number of benzene rings is 2. The summed E-state index contributed by atoms with van der Waals surface area (Å²) >= 11 is 7.47. The smallest absolute Gasteiger partial charge is 0.269 e. The highest BCUT2D eigenvalue weighted by molar-refractivity contribution is 7.89. The van der Waals surface area contributed by atoms with Gasteiger partial charge in [0.2, 0.25) is 15.2 Å². The molecular weight excluding hydrogens is 448 g/mol. The van der Waals surface area contributed by atoms with E-state index in [2.05, 4.69) is 15.8 Å². The Morgan fingerprint density at radius 1 is 1.17 bits per heavy atom. The van der Waals surface area contributed by atoms with E-state index in [1.807, 2.05) is 0 Å². The van der Waals surface area contributed by atoms with Crippen molar-refractivity contribution >= 4 is 54.2 Å². The van der Waals surface area contributed by atoms with Crippen LogP contribution in [0.5, 0.6) is 5.75 Å². The van der Waals surface area contributed by atoms with Crippen molar-refractivity contribution in [1.82, 2.24) is 14.7 Å². The lowest BCUT2D eigenvalue weighted by molar-refractivity contribution is 0.0962. The quantitative estimate of drug-likeness (QED) is 0.488. The van der Waals surface area contributed by atoms with Crippen LogP contribution in [-0.2, 0) is 10.0 Å². The standard InChI is InChI=1S/C19H21ClN4O4S2/c1-4-24(5-2)30(26,27)13-8-6-12(7-9-13)18(25)22-23-19-21-16-15(28-3)11-10-14(20)17(16)29-19/h6-11H,4-5H2,1-3H3,(H,21,23)(H,22,25). The number of thiazole rings is 1. The topological polar surface area (TPSA) is 101 Å². The number of halogens is 1. The minimum absolute atomic E-state index is 0.142. The molecule has 3 rings (SSSR count). The van der Waals surface area contributed by atoms with Crippen molar-refractivity contribution in [3.8, 4) is 5.75 Å². The van der Waals surface area contributed by atoms with E-state index >= 15 is 0 Å². The second-order valence-corrected chi connectivity index (χ2v) is 9.48. The average Bonchev–Trinajstić information content (AvgIpc) is 3.18. The van der Waals surface area contributed by atoms with E-state index in [0.717, 1.165) is 4.70 Å². The molecule has 1 amide bonds. The monoisotopic (exact) mass is 468 g/mol. The van der Waals surface area contributed by atoms with Gasteiger partial charge in [-0.15, -0.1) is 0 Å². The van der Waals surface area contributed by atoms with Gasteiger partial charge < -0.3 is 4.74 Å². The molecule has 1 heterocycles. The van der Waals surface area contributed by atoms with Gasteiger partial charge in [0, 0.05) is 18.7 Å². The maximum absolute atomic E-state index is 12.5. The number of aromatic nitrogens is 1. The molecule has 30 heavy (non-hydrogen) atoms. The van der Waals surface area contributed by atoms with E-state index in [1.165, 1.54) is 39.9 Å². The first kappa shape index (κ1) is 22.3. The number of nitrogens with zero attached hydrogens (tertiary/aromatic N) is 2. The highest BCUT2D eigenvalue weighted by Gasteiger charge is 2.21. The number of hydrazine groups is 1. The summed E-state index contributed by atoms with van der Waals surface area (Å²) in [7, 11) is -2.03. The third-order valence-electron chi connectivity index (χ3n) is 4.42. The van der Waals surface area contributed by atoms with Crippen LogP contribution in [0, 0.1) is 0 Å². The second kappa shape index (κ2) is 9.17. The molecule has 1 aromatic heterocycles. The van der Waals surface area contributed by atoms with Gasteiger partial charge >= 0.3 is 0 Å². The molecule has 0 bridgehead atoms. The number of anilines is 1. The zero-order valence-corrected chi connectivity index (χ0v) is 19.0. The van der Waals surface area contributed by atoms with Crippen LogP contribution in [-0.4, -0.2) is 43.8 Å². The first-order valence-corrected chi connectivity index (χ1v) is 11.7. The molecule has 11 heteroatoms. The van der Waals surface area contributed by atoms with Crippen molar-refractivity contribution < 1.29 is 17.9 Å².